The Hall–Kier alpha value is -1.13. The molecule has 2 rings (SSSR count). The molecule has 0 aliphatic carbocycles. The molecule has 1 atom stereocenters. The third-order valence-electron chi connectivity index (χ3n) is 2.77. The van der Waals surface area contributed by atoms with E-state index in [-0.39, 0.29) is 6.10 Å². The summed E-state index contributed by atoms with van der Waals surface area (Å²) in [5.41, 5.74) is 1.18. The largest absolute Gasteiger partial charge is 0.388 e. The molecule has 0 bridgehead atoms. The van der Waals surface area contributed by atoms with Crippen LogP contribution in [0.3, 0.4) is 0 Å². The van der Waals surface area contributed by atoms with Crippen molar-refractivity contribution >= 4 is 11.3 Å². The molecule has 0 aliphatic heterocycles. The summed E-state index contributed by atoms with van der Waals surface area (Å²) in [6.45, 7) is 2.04. The Kier molecular flexibility index (Phi) is 3.41. The van der Waals surface area contributed by atoms with Crippen molar-refractivity contribution in [3.05, 3.63) is 40.1 Å². The van der Waals surface area contributed by atoms with Gasteiger partial charge >= 0.3 is 0 Å². The van der Waals surface area contributed by atoms with Crippen LogP contribution in [0.15, 0.2) is 23.8 Å². The molecule has 3 nitrogen and oxygen atoms in total. The first kappa shape index (κ1) is 11.4. The van der Waals surface area contributed by atoms with Crippen molar-refractivity contribution in [2.45, 2.75) is 25.9 Å². The second kappa shape index (κ2) is 4.80. The van der Waals surface area contributed by atoms with Gasteiger partial charge in [0.15, 0.2) is 0 Å². The van der Waals surface area contributed by atoms with E-state index in [1.807, 2.05) is 36.2 Å². The van der Waals surface area contributed by atoms with Gasteiger partial charge in [0.05, 0.1) is 6.10 Å². The average molecular weight is 236 g/mol. The number of imidazole rings is 1. The molecule has 1 N–H and O–H groups in total. The molecule has 0 aliphatic rings. The molecule has 2 heterocycles. The van der Waals surface area contributed by atoms with E-state index in [0.717, 1.165) is 23.5 Å². The Morgan fingerprint density at radius 3 is 2.94 bits per heavy atom. The summed E-state index contributed by atoms with van der Waals surface area (Å²) in [6.07, 6.45) is 4.89. The zero-order valence-corrected chi connectivity index (χ0v) is 10.4. The Morgan fingerprint density at radius 1 is 1.56 bits per heavy atom. The fraction of sp³-hybridized carbons (Fsp3) is 0.417. The van der Waals surface area contributed by atoms with Gasteiger partial charge in [0.25, 0.3) is 0 Å². The standard InChI is InChI=1S/C12H16N2OS/c1-9-5-8-16-12(9)10(15)3-4-11-13-6-7-14(11)2/h5-8,10,15H,3-4H2,1-2H3. The van der Waals surface area contributed by atoms with E-state index in [1.54, 1.807) is 17.5 Å². The van der Waals surface area contributed by atoms with Crippen LogP contribution in [0.25, 0.3) is 0 Å². The lowest BCUT2D eigenvalue weighted by Crippen LogP contribution is -2.03. The van der Waals surface area contributed by atoms with Gasteiger partial charge in [0.1, 0.15) is 5.82 Å². The van der Waals surface area contributed by atoms with E-state index >= 15 is 0 Å². The van der Waals surface area contributed by atoms with Crippen molar-refractivity contribution in [1.29, 1.82) is 0 Å². The summed E-state index contributed by atoms with van der Waals surface area (Å²) in [5.74, 6) is 1.02. The lowest BCUT2D eigenvalue weighted by Gasteiger charge is -2.09. The lowest BCUT2D eigenvalue weighted by molar-refractivity contribution is 0.170. The third kappa shape index (κ3) is 2.33. The van der Waals surface area contributed by atoms with Crippen molar-refractivity contribution in [2.75, 3.05) is 0 Å². The maximum Gasteiger partial charge on any atom is 0.108 e. The second-order valence-corrected chi connectivity index (χ2v) is 4.92. The SMILES string of the molecule is Cc1ccsc1C(O)CCc1nccn1C. The quantitative estimate of drug-likeness (QED) is 0.885. The summed E-state index contributed by atoms with van der Waals surface area (Å²) >= 11 is 1.62. The van der Waals surface area contributed by atoms with Gasteiger partial charge < -0.3 is 9.67 Å². The van der Waals surface area contributed by atoms with Gasteiger partial charge in [-0.2, -0.15) is 0 Å². The maximum absolute atomic E-state index is 10.1. The van der Waals surface area contributed by atoms with E-state index in [1.165, 1.54) is 5.56 Å². The van der Waals surface area contributed by atoms with E-state index in [2.05, 4.69) is 4.98 Å². The monoisotopic (exact) mass is 236 g/mol. The third-order valence-corrected chi connectivity index (χ3v) is 3.89. The Labute approximate surface area is 99.4 Å². The highest BCUT2D eigenvalue weighted by Crippen LogP contribution is 2.26. The van der Waals surface area contributed by atoms with Gasteiger partial charge in [-0.05, 0) is 30.4 Å². The molecule has 0 fully saturated rings. The summed E-state index contributed by atoms with van der Waals surface area (Å²) in [7, 11) is 1.98. The second-order valence-electron chi connectivity index (χ2n) is 3.98. The lowest BCUT2D eigenvalue weighted by atomic mass is 10.1. The van der Waals surface area contributed by atoms with Crippen LogP contribution in [0.1, 0.15) is 28.8 Å². The van der Waals surface area contributed by atoms with Crippen LogP contribution >= 0.6 is 11.3 Å². The molecular weight excluding hydrogens is 220 g/mol. The highest BCUT2D eigenvalue weighted by atomic mass is 32.1. The fourth-order valence-electron chi connectivity index (χ4n) is 1.76. The fourth-order valence-corrected chi connectivity index (χ4v) is 2.71. The number of rotatable bonds is 4. The smallest absolute Gasteiger partial charge is 0.108 e. The summed E-state index contributed by atoms with van der Waals surface area (Å²) < 4.78 is 1.99. The minimum atomic E-state index is -0.364. The van der Waals surface area contributed by atoms with Gasteiger partial charge in [-0.15, -0.1) is 11.3 Å². The predicted molar refractivity (Wildman–Crippen MR) is 65.5 cm³/mol. The van der Waals surface area contributed by atoms with Crippen LogP contribution in [0.4, 0.5) is 0 Å². The molecule has 16 heavy (non-hydrogen) atoms. The Balaban J connectivity index is 1.97. The van der Waals surface area contributed by atoms with Crippen LogP contribution in [0, 0.1) is 6.92 Å². The maximum atomic E-state index is 10.1. The first-order valence-corrected chi connectivity index (χ1v) is 6.24. The van der Waals surface area contributed by atoms with Crippen LogP contribution in [-0.2, 0) is 13.5 Å². The average Bonchev–Trinajstić information content (AvgIpc) is 2.84. The molecule has 0 radical (unpaired) electrons. The first-order valence-electron chi connectivity index (χ1n) is 5.36. The summed E-state index contributed by atoms with van der Waals surface area (Å²) in [4.78, 5) is 5.32. The van der Waals surface area contributed by atoms with E-state index in [0.29, 0.717) is 0 Å². The molecule has 86 valence electrons. The van der Waals surface area contributed by atoms with Crippen LogP contribution in [0.5, 0.6) is 0 Å². The van der Waals surface area contributed by atoms with Crippen LogP contribution in [0.2, 0.25) is 0 Å². The molecule has 2 aromatic heterocycles. The summed E-state index contributed by atoms with van der Waals surface area (Å²) in [6, 6.07) is 2.05. The molecule has 4 heteroatoms. The first-order chi connectivity index (χ1) is 7.68. The summed E-state index contributed by atoms with van der Waals surface area (Å²) in [5, 5.41) is 12.1. The highest BCUT2D eigenvalue weighted by Gasteiger charge is 2.12. The predicted octanol–water partition coefficient (Wildman–Crippen LogP) is 2.46. The Bertz CT molecular complexity index is 461. The number of nitrogens with zero attached hydrogens (tertiary/aromatic N) is 2. The number of aromatic nitrogens is 2. The molecular formula is C12H16N2OS. The van der Waals surface area contributed by atoms with Gasteiger partial charge in [-0.3, -0.25) is 0 Å². The number of aryl methyl sites for hydroxylation is 3. The minimum absolute atomic E-state index is 0.364. The number of hydrogen-bond donors (Lipinski definition) is 1. The number of aliphatic hydroxyl groups excluding tert-OH is 1. The van der Waals surface area contributed by atoms with Crippen LogP contribution < -0.4 is 0 Å². The molecule has 0 amide bonds. The zero-order chi connectivity index (χ0) is 11.5. The molecule has 0 saturated carbocycles. The van der Waals surface area contributed by atoms with Gasteiger partial charge in [-0.1, -0.05) is 0 Å². The van der Waals surface area contributed by atoms with Crippen molar-refractivity contribution in [2.24, 2.45) is 7.05 Å². The van der Waals surface area contributed by atoms with Gasteiger partial charge in [-0.25, -0.2) is 4.98 Å². The zero-order valence-electron chi connectivity index (χ0n) is 9.55. The van der Waals surface area contributed by atoms with E-state index in [4.69, 9.17) is 0 Å². The number of hydrogen-bond acceptors (Lipinski definition) is 3. The molecule has 0 spiro atoms. The van der Waals surface area contributed by atoms with Crippen molar-refractivity contribution in [3.8, 4) is 0 Å². The number of thiophene rings is 1. The molecule has 2 aromatic rings. The highest BCUT2D eigenvalue weighted by molar-refractivity contribution is 7.10. The van der Waals surface area contributed by atoms with Crippen LogP contribution in [-0.4, -0.2) is 14.7 Å². The van der Waals surface area contributed by atoms with E-state index in [9.17, 15) is 5.11 Å². The van der Waals surface area contributed by atoms with Gasteiger partial charge in [0, 0.05) is 30.7 Å². The topological polar surface area (TPSA) is 38.1 Å². The normalized spacial score (nSPS) is 12.9. The van der Waals surface area contributed by atoms with Crippen molar-refractivity contribution in [1.82, 2.24) is 9.55 Å². The minimum Gasteiger partial charge on any atom is -0.388 e. The van der Waals surface area contributed by atoms with Crippen molar-refractivity contribution in [3.63, 3.8) is 0 Å². The van der Waals surface area contributed by atoms with Gasteiger partial charge in [0.2, 0.25) is 0 Å². The van der Waals surface area contributed by atoms with E-state index < -0.39 is 0 Å². The van der Waals surface area contributed by atoms with Crippen molar-refractivity contribution < 1.29 is 5.11 Å². The molecule has 1 unspecified atom stereocenters. The molecule has 0 saturated heterocycles. The number of aliphatic hydroxyl groups is 1. The molecule has 0 aromatic carbocycles. The Morgan fingerprint density at radius 2 is 2.38 bits per heavy atom.